The fraction of sp³-hybridized carbons (Fsp3) is 0.609. The molecule has 1 aromatic carbocycles. The number of piperazine rings is 1. The second kappa shape index (κ2) is 7.69. The molecular formula is C23H31ClN4O. The number of rotatable bonds is 2. The largest absolute Gasteiger partial charge is 0.391 e. The molecule has 5 nitrogen and oxygen atoms in total. The van der Waals surface area contributed by atoms with Crippen molar-refractivity contribution in [1.29, 1.82) is 0 Å². The van der Waals surface area contributed by atoms with Crippen LogP contribution in [0.25, 0.3) is 10.9 Å². The first kappa shape index (κ1) is 19.6. The van der Waals surface area contributed by atoms with Gasteiger partial charge in [0.25, 0.3) is 0 Å². The number of aliphatic hydroxyl groups is 1. The van der Waals surface area contributed by atoms with Gasteiger partial charge in [0.1, 0.15) is 5.82 Å². The van der Waals surface area contributed by atoms with Crippen molar-refractivity contribution in [3.63, 3.8) is 0 Å². The molecule has 3 fully saturated rings. The maximum atomic E-state index is 10.9. The molecule has 6 heteroatoms. The van der Waals surface area contributed by atoms with E-state index in [1.807, 2.05) is 12.1 Å². The molecule has 29 heavy (non-hydrogen) atoms. The monoisotopic (exact) mass is 414 g/mol. The number of aryl methyl sites for hydroxylation is 1. The number of aliphatic hydroxyl groups excluding tert-OH is 1. The maximum Gasteiger partial charge on any atom is 0.129 e. The van der Waals surface area contributed by atoms with Crippen LogP contribution in [-0.2, 0) is 0 Å². The van der Waals surface area contributed by atoms with Gasteiger partial charge in [-0.25, -0.2) is 4.98 Å². The van der Waals surface area contributed by atoms with Crippen LogP contribution in [0.5, 0.6) is 0 Å². The summed E-state index contributed by atoms with van der Waals surface area (Å²) in [5.74, 6) is 2.25. The third kappa shape index (κ3) is 3.74. The van der Waals surface area contributed by atoms with E-state index in [1.165, 1.54) is 10.9 Å². The number of aromatic nitrogens is 1. The number of halogens is 1. The average Bonchev–Trinajstić information content (AvgIpc) is 3.10. The fourth-order valence-corrected chi connectivity index (χ4v) is 5.83. The molecule has 1 aromatic heterocycles. The van der Waals surface area contributed by atoms with Crippen LogP contribution in [0, 0.1) is 18.8 Å². The van der Waals surface area contributed by atoms with Gasteiger partial charge < -0.3 is 14.9 Å². The summed E-state index contributed by atoms with van der Waals surface area (Å²) in [7, 11) is 2.19. The van der Waals surface area contributed by atoms with Crippen LogP contribution in [0.2, 0.25) is 5.02 Å². The Morgan fingerprint density at radius 2 is 1.76 bits per heavy atom. The highest BCUT2D eigenvalue weighted by molar-refractivity contribution is 6.31. The summed E-state index contributed by atoms with van der Waals surface area (Å²) in [5, 5.41) is 12.8. The van der Waals surface area contributed by atoms with Crippen LogP contribution in [0.15, 0.2) is 24.3 Å². The number of hydrogen-bond acceptors (Lipinski definition) is 5. The van der Waals surface area contributed by atoms with Gasteiger partial charge in [-0.3, -0.25) is 4.90 Å². The Hall–Kier alpha value is -1.40. The second-order valence-corrected chi connectivity index (χ2v) is 9.77. The minimum absolute atomic E-state index is 0.204. The number of pyridine rings is 1. The SMILES string of the molecule is Cc1cc(N2C[C@H]3C[C@@H](N4CCN(C)CC4)[C@H](O)C[C@H]3C2)nc2cc(Cl)ccc12. The Morgan fingerprint density at radius 3 is 2.52 bits per heavy atom. The summed E-state index contributed by atoms with van der Waals surface area (Å²) in [6, 6.07) is 8.48. The van der Waals surface area contributed by atoms with E-state index in [9.17, 15) is 5.11 Å². The van der Waals surface area contributed by atoms with Crippen molar-refractivity contribution >= 4 is 28.3 Å². The van der Waals surface area contributed by atoms with E-state index in [4.69, 9.17) is 16.6 Å². The zero-order valence-corrected chi connectivity index (χ0v) is 18.1. The number of fused-ring (bicyclic) bond motifs is 2. The first-order valence-corrected chi connectivity index (χ1v) is 11.3. The van der Waals surface area contributed by atoms with Gasteiger partial charge in [0.2, 0.25) is 0 Å². The number of nitrogens with zero attached hydrogens (tertiary/aromatic N) is 4. The summed E-state index contributed by atoms with van der Waals surface area (Å²) in [6.45, 7) is 8.54. The summed E-state index contributed by atoms with van der Waals surface area (Å²) in [5.41, 5.74) is 2.21. The third-order valence-corrected chi connectivity index (χ3v) is 7.64. The van der Waals surface area contributed by atoms with Crippen molar-refractivity contribution in [2.75, 3.05) is 51.2 Å². The Kier molecular flexibility index (Phi) is 5.19. The summed E-state index contributed by atoms with van der Waals surface area (Å²) >= 11 is 6.21. The molecule has 3 aliphatic rings. The molecule has 2 aromatic rings. The number of hydrogen-bond donors (Lipinski definition) is 1. The normalized spacial score (nSPS) is 31.4. The van der Waals surface area contributed by atoms with Crippen LogP contribution in [0.1, 0.15) is 18.4 Å². The van der Waals surface area contributed by atoms with Crippen molar-refractivity contribution in [2.24, 2.45) is 11.8 Å². The first-order chi connectivity index (χ1) is 14.0. The molecule has 0 unspecified atom stereocenters. The van der Waals surface area contributed by atoms with Crippen molar-refractivity contribution in [3.05, 3.63) is 34.9 Å². The predicted molar refractivity (Wildman–Crippen MR) is 119 cm³/mol. The minimum atomic E-state index is -0.204. The molecule has 0 amide bonds. The summed E-state index contributed by atoms with van der Waals surface area (Å²) in [4.78, 5) is 12.3. The first-order valence-electron chi connectivity index (χ1n) is 10.9. The standard InChI is InChI=1S/C23H31ClN4O/c1-15-9-23(25-20-12-18(24)3-4-19(15)20)28-13-16-10-21(22(29)11-17(16)14-28)27-7-5-26(2)6-8-27/h3-4,9,12,16-17,21-22,29H,5-8,10-11,13-14H2,1-2H3/t16-,17+,21-,22-/m1/s1. The molecule has 156 valence electrons. The Morgan fingerprint density at radius 1 is 1.03 bits per heavy atom. The molecule has 0 spiro atoms. The van der Waals surface area contributed by atoms with Crippen LogP contribution in [0.3, 0.4) is 0 Å². The molecule has 2 aliphatic heterocycles. The average molecular weight is 415 g/mol. The smallest absolute Gasteiger partial charge is 0.129 e. The van der Waals surface area contributed by atoms with Crippen molar-refractivity contribution in [2.45, 2.75) is 31.9 Å². The highest BCUT2D eigenvalue weighted by atomic mass is 35.5. The lowest BCUT2D eigenvalue weighted by Gasteiger charge is -2.44. The van der Waals surface area contributed by atoms with Crippen molar-refractivity contribution < 1.29 is 5.11 Å². The van der Waals surface area contributed by atoms with E-state index in [1.54, 1.807) is 0 Å². The molecule has 4 atom stereocenters. The molecule has 1 saturated carbocycles. The van der Waals surface area contributed by atoms with E-state index in [0.29, 0.717) is 17.9 Å². The zero-order valence-electron chi connectivity index (χ0n) is 17.4. The van der Waals surface area contributed by atoms with E-state index in [-0.39, 0.29) is 6.10 Å². The highest BCUT2D eigenvalue weighted by Crippen LogP contribution is 2.40. The van der Waals surface area contributed by atoms with Gasteiger partial charge in [-0.15, -0.1) is 0 Å². The highest BCUT2D eigenvalue weighted by Gasteiger charge is 2.44. The molecular weight excluding hydrogens is 384 g/mol. The maximum absolute atomic E-state index is 10.9. The van der Waals surface area contributed by atoms with Crippen LogP contribution < -0.4 is 4.90 Å². The van der Waals surface area contributed by atoms with Crippen molar-refractivity contribution in [1.82, 2.24) is 14.8 Å². The van der Waals surface area contributed by atoms with E-state index >= 15 is 0 Å². The van der Waals surface area contributed by atoms with E-state index < -0.39 is 0 Å². The van der Waals surface area contributed by atoms with Gasteiger partial charge in [0.05, 0.1) is 11.6 Å². The van der Waals surface area contributed by atoms with Crippen LogP contribution >= 0.6 is 11.6 Å². The van der Waals surface area contributed by atoms with Crippen molar-refractivity contribution in [3.8, 4) is 0 Å². The fourth-order valence-electron chi connectivity index (χ4n) is 5.66. The molecule has 0 radical (unpaired) electrons. The topological polar surface area (TPSA) is 42.8 Å². The number of anilines is 1. The summed E-state index contributed by atoms with van der Waals surface area (Å²) < 4.78 is 0. The lowest BCUT2D eigenvalue weighted by atomic mass is 9.77. The summed E-state index contributed by atoms with van der Waals surface area (Å²) in [6.07, 6.45) is 1.81. The van der Waals surface area contributed by atoms with Gasteiger partial charge in [-0.2, -0.15) is 0 Å². The van der Waals surface area contributed by atoms with Gasteiger partial charge in [0.15, 0.2) is 0 Å². The molecule has 2 saturated heterocycles. The van der Waals surface area contributed by atoms with E-state index in [2.05, 4.69) is 40.8 Å². The molecule has 1 N–H and O–H groups in total. The predicted octanol–water partition coefficient (Wildman–Crippen LogP) is 3.02. The molecule has 3 heterocycles. The number of likely N-dealkylation sites (N-methyl/N-ethyl adjacent to an activating group) is 1. The van der Waals surface area contributed by atoms with Gasteiger partial charge in [-0.1, -0.05) is 17.7 Å². The van der Waals surface area contributed by atoms with Gasteiger partial charge in [0, 0.05) is 55.7 Å². The van der Waals surface area contributed by atoms with Gasteiger partial charge >= 0.3 is 0 Å². The minimum Gasteiger partial charge on any atom is -0.391 e. The lowest BCUT2D eigenvalue weighted by molar-refractivity contribution is -0.0249. The quantitative estimate of drug-likeness (QED) is 0.818. The Bertz CT molecular complexity index is 898. The number of benzene rings is 1. The second-order valence-electron chi connectivity index (χ2n) is 9.33. The molecule has 5 rings (SSSR count). The van der Waals surface area contributed by atoms with Crippen LogP contribution in [0.4, 0.5) is 5.82 Å². The third-order valence-electron chi connectivity index (χ3n) is 7.41. The Balaban J connectivity index is 1.34. The van der Waals surface area contributed by atoms with E-state index in [0.717, 1.165) is 68.5 Å². The zero-order chi connectivity index (χ0) is 20.1. The Labute approximate surface area is 178 Å². The lowest BCUT2D eigenvalue weighted by Crippen LogP contribution is -2.55. The molecule has 1 aliphatic carbocycles. The van der Waals surface area contributed by atoms with Gasteiger partial charge in [-0.05, 0) is 62.4 Å². The molecule has 0 bridgehead atoms. The van der Waals surface area contributed by atoms with Crippen LogP contribution in [-0.4, -0.2) is 78.4 Å².